The molecule has 0 spiro atoms. The highest BCUT2D eigenvalue weighted by molar-refractivity contribution is 6.29. The molecule has 9 nitrogen and oxygen atoms in total. The van der Waals surface area contributed by atoms with Crippen LogP contribution in [0.1, 0.15) is 29.6 Å². The molecule has 4 aromatic rings. The highest BCUT2D eigenvalue weighted by atomic mass is 35.5. The molecular formula is C20H19ClN8O. The van der Waals surface area contributed by atoms with Crippen molar-refractivity contribution in [2.45, 2.75) is 26.3 Å². The van der Waals surface area contributed by atoms with Gasteiger partial charge in [0.2, 0.25) is 5.95 Å². The third kappa shape index (κ3) is 3.48. The summed E-state index contributed by atoms with van der Waals surface area (Å²) < 4.78 is 5.65. The molecule has 4 aromatic heterocycles. The molecule has 1 saturated heterocycles. The number of anilines is 3. The highest BCUT2D eigenvalue weighted by Crippen LogP contribution is 2.38. The third-order valence-electron chi connectivity index (χ3n) is 5.06. The van der Waals surface area contributed by atoms with E-state index in [1.807, 2.05) is 43.0 Å². The van der Waals surface area contributed by atoms with Gasteiger partial charge in [-0.25, -0.2) is 4.98 Å². The van der Waals surface area contributed by atoms with Crippen molar-refractivity contribution in [2.24, 2.45) is 0 Å². The Kier molecular flexibility index (Phi) is 4.59. The van der Waals surface area contributed by atoms with Gasteiger partial charge >= 0.3 is 0 Å². The van der Waals surface area contributed by atoms with Crippen LogP contribution in [0, 0.1) is 13.8 Å². The van der Waals surface area contributed by atoms with Crippen molar-refractivity contribution in [1.82, 2.24) is 30.3 Å². The molecule has 1 aliphatic rings. The lowest BCUT2D eigenvalue weighted by molar-refractivity contribution is 0.315. The smallest absolute Gasteiger partial charge is 0.229 e. The van der Waals surface area contributed by atoms with Crippen LogP contribution in [0.2, 0.25) is 5.15 Å². The average molecular weight is 423 g/mol. The number of nitrogens with one attached hydrogen (secondary N) is 2. The van der Waals surface area contributed by atoms with Crippen LogP contribution < -0.4 is 10.2 Å². The molecule has 30 heavy (non-hydrogen) atoms. The Morgan fingerprint density at radius 1 is 1.20 bits per heavy atom. The van der Waals surface area contributed by atoms with Gasteiger partial charge in [0.05, 0.1) is 6.04 Å². The number of rotatable bonds is 5. The maximum absolute atomic E-state index is 6.25. The molecule has 1 atom stereocenters. The average Bonchev–Trinajstić information content (AvgIpc) is 3.30. The molecule has 0 amide bonds. The van der Waals surface area contributed by atoms with Crippen LogP contribution in [0.5, 0.6) is 0 Å². The minimum Gasteiger partial charge on any atom is -0.359 e. The number of halogens is 1. The predicted octanol–water partition coefficient (Wildman–Crippen LogP) is 4.21. The SMILES string of the molecule is Cc1cc(Nc2cc(Cl)nc(N3CC[C@H]3c3cc(-c4cccnc4C)no3)n2)n[nH]1. The Labute approximate surface area is 177 Å². The number of aryl methyl sites for hydroxylation is 2. The van der Waals surface area contributed by atoms with Crippen LogP contribution in [-0.4, -0.2) is 36.9 Å². The van der Waals surface area contributed by atoms with E-state index in [0.717, 1.165) is 41.4 Å². The van der Waals surface area contributed by atoms with Gasteiger partial charge in [0.15, 0.2) is 11.6 Å². The minimum atomic E-state index is 0.00201. The fourth-order valence-corrected chi connectivity index (χ4v) is 3.64. The van der Waals surface area contributed by atoms with Gasteiger partial charge in [-0.15, -0.1) is 0 Å². The Morgan fingerprint density at radius 2 is 2.10 bits per heavy atom. The van der Waals surface area contributed by atoms with Crippen molar-refractivity contribution in [2.75, 3.05) is 16.8 Å². The molecule has 152 valence electrons. The zero-order chi connectivity index (χ0) is 20.7. The molecule has 0 unspecified atom stereocenters. The molecule has 5 heterocycles. The molecule has 0 aromatic carbocycles. The van der Waals surface area contributed by atoms with Crippen LogP contribution in [0.4, 0.5) is 17.6 Å². The molecule has 1 fully saturated rings. The Bertz CT molecular complexity index is 1200. The first-order valence-electron chi connectivity index (χ1n) is 9.56. The maximum atomic E-state index is 6.25. The summed E-state index contributed by atoms with van der Waals surface area (Å²) in [5.74, 6) is 2.54. The van der Waals surface area contributed by atoms with Gasteiger partial charge in [0.25, 0.3) is 0 Å². The van der Waals surface area contributed by atoms with Crippen molar-refractivity contribution in [1.29, 1.82) is 0 Å². The summed E-state index contributed by atoms with van der Waals surface area (Å²) in [6.45, 7) is 4.68. The summed E-state index contributed by atoms with van der Waals surface area (Å²) in [6.07, 6.45) is 2.68. The van der Waals surface area contributed by atoms with E-state index in [-0.39, 0.29) is 6.04 Å². The van der Waals surface area contributed by atoms with Gasteiger partial charge in [0, 0.05) is 47.9 Å². The standard InChI is InChI=1S/C20H19ClN8O/c1-11-8-19(27-26-11)24-18-10-17(21)23-20(25-18)29-7-5-15(29)16-9-14(28-30-16)13-4-3-6-22-12(13)2/h3-4,6,8-10,15H,5,7H2,1-2H3,(H2,23,24,25,26,27)/t15-/m0/s1. The molecule has 0 saturated carbocycles. The largest absolute Gasteiger partial charge is 0.359 e. The number of H-pyrrole nitrogens is 1. The van der Waals surface area contributed by atoms with Crippen molar-refractivity contribution in [3.05, 3.63) is 58.8 Å². The van der Waals surface area contributed by atoms with Crippen molar-refractivity contribution < 1.29 is 4.52 Å². The number of nitrogens with zero attached hydrogens (tertiary/aromatic N) is 6. The van der Waals surface area contributed by atoms with Gasteiger partial charge in [-0.1, -0.05) is 16.8 Å². The van der Waals surface area contributed by atoms with Gasteiger partial charge in [-0.3, -0.25) is 10.1 Å². The van der Waals surface area contributed by atoms with Crippen LogP contribution >= 0.6 is 11.6 Å². The van der Waals surface area contributed by atoms with E-state index in [1.54, 1.807) is 12.3 Å². The Hall–Kier alpha value is -3.46. The first-order chi connectivity index (χ1) is 14.6. The monoisotopic (exact) mass is 422 g/mol. The second-order valence-corrected chi connectivity index (χ2v) is 7.57. The second-order valence-electron chi connectivity index (χ2n) is 7.19. The maximum Gasteiger partial charge on any atom is 0.229 e. The normalized spacial score (nSPS) is 15.8. The van der Waals surface area contributed by atoms with E-state index < -0.39 is 0 Å². The summed E-state index contributed by atoms with van der Waals surface area (Å²) in [5.41, 5.74) is 3.58. The van der Waals surface area contributed by atoms with Gasteiger partial charge < -0.3 is 14.7 Å². The Morgan fingerprint density at radius 3 is 2.83 bits per heavy atom. The molecular weight excluding hydrogens is 404 g/mol. The van der Waals surface area contributed by atoms with E-state index in [9.17, 15) is 0 Å². The summed E-state index contributed by atoms with van der Waals surface area (Å²) in [6, 6.07) is 9.39. The quantitative estimate of drug-likeness (QED) is 0.460. The Balaban J connectivity index is 1.39. The van der Waals surface area contributed by atoms with Crippen molar-refractivity contribution in [3.63, 3.8) is 0 Å². The van der Waals surface area contributed by atoms with E-state index in [2.05, 4.69) is 35.6 Å². The number of pyridine rings is 1. The first kappa shape index (κ1) is 18.6. The first-order valence-corrected chi connectivity index (χ1v) is 9.93. The fourth-order valence-electron chi connectivity index (χ4n) is 3.46. The van der Waals surface area contributed by atoms with Crippen LogP contribution in [0.3, 0.4) is 0 Å². The van der Waals surface area contributed by atoms with Gasteiger partial charge in [-0.05, 0) is 32.4 Å². The summed E-state index contributed by atoms with van der Waals surface area (Å²) in [7, 11) is 0. The number of hydrogen-bond donors (Lipinski definition) is 2. The van der Waals surface area contributed by atoms with E-state index in [1.165, 1.54) is 0 Å². The van der Waals surface area contributed by atoms with Crippen LogP contribution in [0.25, 0.3) is 11.3 Å². The topological polar surface area (TPSA) is 109 Å². The van der Waals surface area contributed by atoms with Gasteiger partial charge in [0.1, 0.15) is 16.7 Å². The third-order valence-corrected chi connectivity index (χ3v) is 5.26. The van der Waals surface area contributed by atoms with Crippen molar-refractivity contribution >= 4 is 29.2 Å². The predicted molar refractivity (Wildman–Crippen MR) is 113 cm³/mol. The fraction of sp³-hybridized carbons (Fsp3) is 0.250. The molecule has 1 aliphatic heterocycles. The van der Waals surface area contributed by atoms with Crippen LogP contribution in [0.15, 0.2) is 41.1 Å². The molecule has 10 heteroatoms. The molecule has 0 bridgehead atoms. The van der Waals surface area contributed by atoms with Crippen molar-refractivity contribution in [3.8, 4) is 11.3 Å². The molecule has 5 rings (SSSR count). The van der Waals surface area contributed by atoms with E-state index in [4.69, 9.17) is 16.1 Å². The summed E-state index contributed by atoms with van der Waals surface area (Å²) >= 11 is 6.25. The lowest BCUT2D eigenvalue weighted by Gasteiger charge is -2.39. The number of aromatic amines is 1. The zero-order valence-electron chi connectivity index (χ0n) is 16.4. The highest BCUT2D eigenvalue weighted by Gasteiger charge is 2.35. The minimum absolute atomic E-state index is 0.00201. The lowest BCUT2D eigenvalue weighted by atomic mass is 10.00. The molecule has 2 N–H and O–H groups in total. The number of hydrogen-bond acceptors (Lipinski definition) is 8. The lowest BCUT2D eigenvalue weighted by Crippen LogP contribution is -2.42. The van der Waals surface area contributed by atoms with Crippen LogP contribution in [-0.2, 0) is 0 Å². The molecule has 0 radical (unpaired) electrons. The van der Waals surface area contributed by atoms with E-state index >= 15 is 0 Å². The van der Waals surface area contributed by atoms with Gasteiger partial charge in [-0.2, -0.15) is 10.1 Å². The summed E-state index contributed by atoms with van der Waals surface area (Å²) in [5, 5.41) is 14.8. The second kappa shape index (κ2) is 7.42. The van der Waals surface area contributed by atoms with E-state index in [0.29, 0.717) is 22.7 Å². The zero-order valence-corrected chi connectivity index (χ0v) is 17.2. The molecule has 0 aliphatic carbocycles. The number of aromatic nitrogens is 6. The summed E-state index contributed by atoms with van der Waals surface area (Å²) in [4.78, 5) is 15.4.